The predicted molar refractivity (Wildman–Crippen MR) is 66.0 cm³/mol. The molecule has 0 atom stereocenters. The van der Waals surface area contributed by atoms with Gasteiger partial charge in [0, 0.05) is 3.57 Å². The van der Waals surface area contributed by atoms with Crippen LogP contribution < -0.4 is 0 Å². The Hall–Kier alpha value is -0.920. The second-order valence-corrected chi connectivity index (χ2v) is 4.59. The van der Waals surface area contributed by atoms with Crippen LogP contribution in [0.2, 0.25) is 0 Å². The first-order valence-corrected chi connectivity index (χ1v) is 5.62. The number of hydrogen-bond acceptors (Lipinski definition) is 2. The third-order valence-electron chi connectivity index (χ3n) is 1.58. The van der Waals surface area contributed by atoms with Gasteiger partial charge in [-0.1, -0.05) is 0 Å². The van der Waals surface area contributed by atoms with Gasteiger partial charge in [0.15, 0.2) is 0 Å². The summed E-state index contributed by atoms with van der Waals surface area (Å²) >= 11 is 5.06. The van der Waals surface area contributed by atoms with Gasteiger partial charge in [-0.25, -0.2) is 4.39 Å². The van der Waals surface area contributed by atoms with E-state index in [1.165, 1.54) is 12.1 Å². The van der Waals surface area contributed by atoms with Gasteiger partial charge in [-0.05, 0) is 62.3 Å². The van der Waals surface area contributed by atoms with E-state index in [1.807, 2.05) is 22.6 Å². The van der Waals surface area contributed by atoms with Crippen molar-refractivity contribution >= 4 is 44.6 Å². The fourth-order valence-corrected chi connectivity index (χ4v) is 2.29. The Labute approximate surface area is 108 Å². The normalized spacial score (nSPS) is 8.87. The molecule has 2 nitrogen and oxygen atoms in total. The van der Waals surface area contributed by atoms with Gasteiger partial charge in [-0.15, -0.1) is 0 Å². The molecule has 0 amide bonds. The van der Waals surface area contributed by atoms with Crippen molar-refractivity contribution in [2.24, 2.45) is 0 Å². The molecular formula is C10H3BrFIN2. The Morgan fingerprint density at radius 2 is 2.00 bits per heavy atom. The van der Waals surface area contributed by atoms with E-state index in [9.17, 15) is 4.39 Å². The first-order valence-electron chi connectivity index (χ1n) is 3.75. The summed E-state index contributed by atoms with van der Waals surface area (Å²) in [6.45, 7) is 0. The zero-order chi connectivity index (χ0) is 11.4. The molecule has 0 radical (unpaired) electrons. The summed E-state index contributed by atoms with van der Waals surface area (Å²) in [5.41, 5.74) is 0.476. The van der Waals surface area contributed by atoms with Gasteiger partial charge in [0.05, 0.1) is 4.47 Å². The third kappa shape index (κ3) is 3.01. The molecular weight excluding hydrogens is 374 g/mol. The molecule has 74 valence electrons. The molecule has 0 heterocycles. The molecule has 0 unspecified atom stereocenters. The van der Waals surface area contributed by atoms with E-state index in [0.717, 1.165) is 3.57 Å². The highest BCUT2D eigenvalue weighted by Crippen LogP contribution is 2.23. The fourth-order valence-electron chi connectivity index (χ4n) is 0.894. The maximum atomic E-state index is 13.2. The number of hydrogen-bond donors (Lipinski definition) is 0. The maximum absolute atomic E-state index is 13.2. The number of halogens is 3. The van der Waals surface area contributed by atoms with E-state index in [-0.39, 0.29) is 5.57 Å². The summed E-state index contributed by atoms with van der Waals surface area (Å²) in [6.07, 6.45) is 1.36. The number of nitriles is 2. The van der Waals surface area contributed by atoms with Crippen molar-refractivity contribution < 1.29 is 4.39 Å². The number of rotatable bonds is 1. The molecule has 5 heteroatoms. The smallest absolute Gasteiger partial charge is 0.138 e. The largest absolute Gasteiger partial charge is 0.206 e. The minimum absolute atomic E-state index is 0.0466. The first kappa shape index (κ1) is 12.2. The SMILES string of the molecule is N#CC(C#N)=Cc1cc(F)c(Br)cc1I. The third-order valence-corrected chi connectivity index (χ3v) is 3.12. The van der Waals surface area contributed by atoms with E-state index < -0.39 is 5.82 Å². The lowest BCUT2D eigenvalue weighted by atomic mass is 10.1. The average Bonchev–Trinajstić information content (AvgIpc) is 2.21. The topological polar surface area (TPSA) is 47.6 Å². The van der Waals surface area contributed by atoms with Crippen LogP contribution in [0.25, 0.3) is 6.08 Å². The lowest BCUT2D eigenvalue weighted by molar-refractivity contribution is 0.620. The second-order valence-electron chi connectivity index (χ2n) is 2.57. The van der Waals surface area contributed by atoms with Gasteiger partial charge in [0.25, 0.3) is 0 Å². The van der Waals surface area contributed by atoms with E-state index >= 15 is 0 Å². The van der Waals surface area contributed by atoms with Gasteiger partial charge < -0.3 is 0 Å². The van der Waals surface area contributed by atoms with Crippen molar-refractivity contribution in [2.45, 2.75) is 0 Å². The molecule has 1 rings (SSSR count). The van der Waals surface area contributed by atoms with Crippen LogP contribution in [0.3, 0.4) is 0 Å². The van der Waals surface area contributed by atoms with Crippen LogP contribution >= 0.6 is 38.5 Å². The van der Waals surface area contributed by atoms with Gasteiger partial charge >= 0.3 is 0 Å². The summed E-state index contributed by atoms with van der Waals surface area (Å²) < 4.78 is 14.3. The molecule has 0 saturated heterocycles. The van der Waals surface area contributed by atoms with E-state index in [4.69, 9.17) is 10.5 Å². The summed E-state index contributed by atoms with van der Waals surface area (Å²) in [4.78, 5) is 0. The van der Waals surface area contributed by atoms with Crippen LogP contribution in [-0.4, -0.2) is 0 Å². The monoisotopic (exact) mass is 376 g/mol. The van der Waals surface area contributed by atoms with E-state index in [2.05, 4.69) is 15.9 Å². The zero-order valence-corrected chi connectivity index (χ0v) is 11.0. The van der Waals surface area contributed by atoms with Gasteiger partial charge in [-0.3, -0.25) is 0 Å². The Bertz CT molecular complexity index is 495. The highest BCUT2D eigenvalue weighted by molar-refractivity contribution is 14.1. The van der Waals surface area contributed by atoms with Crippen LogP contribution in [-0.2, 0) is 0 Å². The standard InChI is InChI=1S/C10H3BrFIN2/c11-8-3-10(13)7(2-9(8)12)1-6(4-14)5-15/h1-3H. The molecule has 0 saturated carbocycles. The Balaban J connectivity index is 3.30. The van der Waals surface area contributed by atoms with E-state index in [1.54, 1.807) is 18.2 Å². The zero-order valence-electron chi connectivity index (χ0n) is 7.26. The molecule has 0 N–H and O–H groups in total. The van der Waals surface area contributed by atoms with Gasteiger partial charge in [0.1, 0.15) is 23.5 Å². The van der Waals surface area contributed by atoms with Gasteiger partial charge in [-0.2, -0.15) is 10.5 Å². The Morgan fingerprint density at radius 1 is 1.40 bits per heavy atom. The van der Waals surface area contributed by atoms with Crippen LogP contribution in [0.4, 0.5) is 4.39 Å². The molecule has 1 aromatic rings. The van der Waals surface area contributed by atoms with Crippen LogP contribution in [0.1, 0.15) is 5.56 Å². The lowest BCUT2D eigenvalue weighted by Gasteiger charge is -2.00. The Kier molecular flexibility index (Phi) is 4.25. The van der Waals surface area contributed by atoms with Crippen molar-refractivity contribution in [2.75, 3.05) is 0 Å². The molecule has 0 bridgehead atoms. The van der Waals surface area contributed by atoms with Crippen molar-refractivity contribution in [3.8, 4) is 12.1 Å². The van der Waals surface area contributed by atoms with Crippen molar-refractivity contribution in [1.82, 2.24) is 0 Å². The summed E-state index contributed by atoms with van der Waals surface area (Å²) in [7, 11) is 0. The fraction of sp³-hybridized carbons (Fsp3) is 0. The Morgan fingerprint density at radius 3 is 2.53 bits per heavy atom. The minimum Gasteiger partial charge on any atom is -0.206 e. The lowest BCUT2D eigenvalue weighted by Crippen LogP contribution is -1.86. The first-order chi connectivity index (χ1) is 7.08. The van der Waals surface area contributed by atoms with Crippen LogP contribution in [0.15, 0.2) is 22.2 Å². The summed E-state index contributed by atoms with van der Waals surface area (Å²) in [5.74, 6) is -0.420. The minimum atomic E-state index is -0.420. The van der Waals surface area contributed by atoms with E-state index in [0.29, 0.717) is 10.0 Å². The highest BCUT2D eigenvalue weighted by Gasteiger charge is 2.05. The molecule has 0 aliphatic rings. The average molecular weight is 377 g/mol. The molecule has 0 aromatic heterocycles. The highest BCUT2D eigenvalue weighted by atomic mass is 127. The number of benzene rings is 1. The second kappa shape index (κ2) is 5.24. The number of nitrogens with zero attached hydrogens (tertiary/aromatic N) is 2. The van der Waals surface area contributed by atoms with Gasteiger partial charge in [0.2, 0.25) is 0 Å². The molecule has 0 aliphatic carbocycles. The quantitative estimate of drug-likeness (QED) is 0.427. The maximum Gasteiger partial charge on any atom is 0.138 e. The molecule has 15 heavy (non-hydrogen) atoms. The van der Waals surface area contributed by atoms with Crippen LogP contribution in [0.5, 0.6) is 0 Å². The molecule has 1 aromatic carbocycles. The summed E-state index contributed by atoms with van der Waals surface area (Å²) in [6, 6.07) is 6.32. The predicted octanol–water partition coefficient (Wildman–Crippen LogP) is 3.62. The number of allylic oxidation sites excluding steroid dienone is 1. The molecule has 0 fully saturated rings. The molecule has 0 spiro atoms. The van der Waals surface area contributed by atoms with Crippen molar-refractivity contribution in [1.29, 1.82) is 10.5 Å². The molecule has 0 aliphatic heterocycles. The van der Waals surface area contributed by atoms with Crippen LogP contribution in [0, 0.1) is 32.0 Å². The van der Waals surface area contributed by atoms with Crippen molar-refractivity contribution in [3.63, 3.8) is 0 Å². The summed E-state index contributed by atoms with van der Waals surface area (Å²) in [5, 5.41) is 17.1. The van der Waals surface area contributed by atoms with Crippen molar-refractivity contribution in [3.05, 3.63) is 37.1 Å².